The molecule has 0 atom stereocenters. The van der Waals surface area contributed by atoms with E-state index in [1.807, 2.05) is 0 Å². The van der Waals surface area contributed by atoms with Gasteiger partial charge in [0.15, 0.2) is 5.02 Å². The molecule has 0 amide bonds. The van der Waals surface area contributed by atoms with Gasteiger partial charge in [0, 0.05) is 18.2 Å². The summed E-state index contributed by atoms with van der Waals surface area (Å²) in [5, 5.41) is -0.199. The smallest absolute Gasteiger partial charge is 0.276 e. The molecule has 7 heteroatoms. The monoisotopic (exact) mass is 326 g/mol. The highest BCUT2D eigenvalue weighted by atomic mass is 35.5. The van der Waals surface area contributed by atoms with Gasteiger partial charge in [-0.2, -0.15) is 4.98 Å². The largest absolute Gasteiger partial charge is 0.471 e. The molecule has 22 heavy (non-hydrogen) atoms. The van der Waals surface area contributed by atoms with Crippen LogP contribution in [0.3, 0.4) is 0 Å². The quantitative estimate of drug-likeness (QED) is 0.792. The van der Waals surface area contributed by atoms with Crippen LogP contribution in [0.5, 0.6) is 5.88 Å². The number of rotatable bonds is 5. The third-order valence-electron chi connectivity index (χ3n) is 2.97. The molecule has 116 valence electrons. The van der Waals surface area contributed by atoms with Gasteiger partial charge in [0.25, 0.3) is 5.56 Å². The Morgan fingerprint density at radius 3 is 2.82 bits per heavy atom. The molecular weight excluding hydrogens is 314 g/mol. The first-order chi connectivity index (χ1) is 10.4. The number of aromatic nitrogens is 2. The molecule has 0 aliphatic carbocycles. The first-order valence-electron chi connectivity index (χ1n) is 6.38. The van der Waals surface area contributed by atoms with Crippen LogP contribution >= 0.6 is 11.6 Å². The zero-order valence-corrected chi connectivity index (χ0v) is 12.5. The minimum absolute atomic E-state index is 0.0896. The maximum Gasteiger partial charge on any atom is 0.276 e. The number of allylic oxidation sites excluding steroid dienone is 1. The molecule has 0 aliphatic heterocycles. The van der Waals surface area contributed by atoms with Crippen LogP contribution in [0, 0.1) is 18.6 Å². The zero-order chi connectivity index (χ0) is 16.3. The SMILES string of the molecule is C=CCn1c(C)nc(OCc2ccc(F)cc2F)c(Cl)c1=O. The van der Waals surface area contributed by atoms with Crippen LogP contribution in [0.25, 0.3) is 0 Å². The van der Waals surface area contributed by atoms with Crippen molar-refractivity contribution in [2.45, 2.75) is 20.1 Å². The minimum atomic E-state index is -0.743. The highest BCUT2D eigenvalue weighted by Gasteiger charge is 2.14. The molecule has 0 radical (unpaired) electrons. The summed E-state index contributed by atoms with van der Waals surface area (Å²) in [6.07, 6.45) is 1.54. The van der Waals surface area contributed by atoms with Gasteiger partial charge in [-0.3, -0.25) is 9.36 Å². The molecule has 0 spiro atoms. The highest BCUT2D eigenvalue weighted by Crippen LogP contribution is 2.20. The normalized spacial score (nSPS) is 10.5. The van der Waals surface area contributed by atoms with E-state index in [-0.39, 0.29) is 29.6 Å². The molecule has 0 saturated carbocycles. The summed E-state index contributed by atoms with van der Waals surface area (Å²) >= 11 is 5.93. The lowest BCUT2D eigenvalue weighted by Crippen LogP contribution is -2.24. The Hall–Kier alpha value is -2.21. The number of hydrogen-bond acceptors (Lipinski definition) is 3. The molecule has 1 aromatic heterocycles. The van der Waals surface area contributed by atoms with Crippen molar-refractivity contribution in [3.63, 3.8) is 0 Å². The number of hydrogen-bond donors (Lipinski definition) is 0. The maximum atomic E-state index is 13.5. The second-order valence-corrected chi connectivity index (χ2v) is 4.88. The van der Waals surface area contributed by atoms with E-state index in [4.69, 9.17) is 16.3 Å². The highest BCUT2D eigenvalue weighted by molar-refractivity contribution is 6.31. The summed E-state index contributed by atoms with van der Waals surface area (Å²) in [4.78, 5) is 16.1. The number of nitrogens with zero attached hydrogens (tertiary/aromatic N) is 2. The van der Waals surface area contributed by atoms with Crippen molar-refractivity contribution in [1.29, 1.82) is 0 Å². The van der Waals surface area contributed by atoms with Crippen molar-refractivity contribution >= 4 is 11.6 Å². The fourth-order valence-electron chi connectivity index (χ4n) is 1.84. The first kappa shape index (κ1) is 16.2. The van der Waals surface area contributed by atoms with Gasteiger partial charge in [-0.1, -0.05) is 17.7 Å². The summed E-state index contributed by atoms with van der Waals surface area (Å²) in [5.41, 5.74) is -0.337. The molecule has 2 aromatic rings. The first-order valence-corrected chi connectivity index (χ1v) is 6.76. The third-order valence-corrected chi connectivity index (χ3v) is 3.29. The Morgan fingerprint density at radius 1 is 1.45 bits per heavy atom. The van der Waals surface area contributed by atoms with Crippen molar-refractivity contribution < 1.29 is 13.5 Å². The fraction of sp³-hybridized carbons (Fsp3) is 0.200. The second kappa shape index (κ2) is 6.70. The van der Waals surface area contributed by atoms with Crippen LogP contribution < -0.4 is 10.3 Å². The Balaban J connectivity index is 2.27. The summed E-state index contributed by atoms with van der Waals surface area (Å²) in [6.45, 7) is 5.22. The Morgan fingerprint density at radius 2 is 2.18 bits per heavy atom. The van der Waals surface area contributed by atoms with E-state index in [0.29, 0.717) is 5.82 Å². The van der Waals surface area contributed by atoms with Gasteiger partial charge in [0.1, 0.15) is 24.1 Å². The van der Waals surface area contributed by atoms with E-state index in [1.165, 1.54) is 10.6 Å². The zero-order valence-electron chi connectivity index (χ0n) is 11.8. The average molecular weight is 327 g/mol. The van der Waals surface area contributed by atoms with E-state index in [2.05, 4.69) is 11.6 Å². The molecule has 2 rings (SSSR count). The van der Waals surface area contributed by atoms with Crippen molar-refractivity contribution in [1.82, 2.24) is 9.55 Å². The molecule has 0 N–H and O–H groups in total. The average Bonchev–Trinajstić information content (AvgIpc) is 2.47. The molecule has 1 aromatic carbocycles. The van der Waals surface area contributed by atoms with E-state index in [1.54, 1.807) is 13.0 Å². The molecule has 0 bridgehead atoms. The number of halogens is 3. The van der Waals surface area contributed by atoms with Crippen molar-refractivity contribution in [3.05, 3.63) is 69.3 Å². The minimum Gasteiger partial charge on any atom is -0.471 e. The molecular formula is C15H13ClF2N2O2. The Kier molecular flexibility index (Phi) is 4.92. The summed E-state index contributed by atoms with van der Waals surface area (Å²) in [6, 6.07) is 3.12. The topological polar surface area (TPSA) is 44.1 Å². The van der Waals surface area contributed by atoms with Gasteiger partial charge in [-0.15, -0.1) is 6.58 Å². The van der Waals surface area contributed by atoms with E-state index >= 15 is 0 Å². The van der Waals surface area contributed by atoms with Gasteiger partial charge >= 0.3 is 0 Å². The lowest BCUT2D eigenvalue weighted by Gasteiger charge is -2.12. The van der Waals surface area contributed by atoms with Gasteiger partial charge in [0.2, 0.25) is 5.88 Å². The lowest BCUT2D eigenvalue weighted by molar-refractivity contribution is 0.285. The summed E-state index contributed by atoms with van der Waals surface area (Å²) in [5.74, 6) is -1.12. The van der Waals surface area contributed by atoms with Gasteiger partial charge < -0.3 is 4.74 Å². The van der Waals surface area contributed by atoms with Crippen molar-refractivity contribution in [2.75, 3.05) is 0 Å². The Labute approximate surface area is 130 Å². The second-order valence-electron chi connectivity index (χ2n) is 4.51. The van der Waals surface area contributed by atoms with Crippen LogP contribution in [0.1, 0.15) is 11.4 Å². The number of aryl methyl sites for hydroxylation is 1. The van der Waals surface area contributed by atoms with E-state index in [0.717, 1.165) is 12.1 Å². The predicted molar refractivity (Wildman–Crippen MR) is 79.1 cm³/mol. The third kappa shape index (κ3) is 3.33. The predicted octanol–water partition coefficient (Wildman–Crippen LogP) is 3.25. The van der Waals surface area contributed by atoms with Crippen molar-refractivity contribution in [3.8, 4) is 5.88 Å². The standard InChI is InChI=1S/C15H13ClF2N2O2/c1-3-6-20-9(2)19-14(13(16)15(20)21)22-8-10-4-5-11(17)7-12(10)18/h3-5,7H,1,6,8H2,2H3. The molecule has 0 saturated heterocycles. The van der Waals surface area contributed by atoms with Gasteiger partial charge in [-0.25, -0.2) is 8.78 Å². The number of ether oxygens (including phenoxy) is 1. The summed E-state index contributed by atoms with van der Waals surface area (Å²) in [7, 11) is 0. The van der Waals surface area contributed by atoms with Crippen LogP contribution in [-0.2, 0) is 13.2 Å². The van der Waals surface area contributed by atoms with E-state index < -0.39 is 17.2 Å². The van der Waals surface area contributed by atoms with Gasteiger partial charge in [0.05, 0.1) is 0 Å². The lowest BCUT2D eigenvalue weighted by atomic mass is 10.2. The van der Waals surface area contributed by atoms with Crippen LogP contribution in [-0.4, -0.2) is 9.55 Å². The molecule has 0 aliphatic rings. The molecule has 4 nitrogen and oxygen atoms in total. The van der Waals surface area contributed by atoms with E-state index in [9.17, 15) is 13.6 Å². The summed E-state index contributed by atoms with van der Waals surface area (Å²) < 4.78 is 33.0. The van der Waals surface area contributed by atoms with Crippen molar-refractivity contribution in [2.24, 2.45) is 0 Å². The Bertz CT molecular complexity index is 775. The fourth-order valence-corrected chi connectivity index (χ4v) is 2.04. The molecule has 1 heterocycles. The number of benzene rings is 1. The maximum absolute atomic E-state index is 13.5. The van der Waals surface area contributed by atoms with Gasteiger partial charge in [-0.05, 0) is 19.1 Å². The molecule has 0 fully saturated rings. The van der Waals surface area contributed by atoms with Crippen LogP contribution in [0.4, 0.5) is 8.78 Å². The van der Waals surface area contributed by atoms with Crippen LogP contribution in [0.2, 0.25) is 5.02 Å². The van der Waals surface area contributed by atoms with Crippen LogP contribution in [0.15, 0.2) is 35.6 Å². The molecule has 0 unspecified atom stereocenters.